The number of likely N-dealkylation sites (tertiary alicyclic amines) is 1. The van der Waals surface area contributed by atoms with Crippen molar-refractivity contribution in [2.24, 2.45) is 29.1 Å². The fraction of sp³-hybridized carbons (Fsp3) is 0.314. The summed E-state index contributed by atoms with van der Waals surface area (Å²) < 4.78 is 20.1. The lowest BCUT2D eigenvalue weighted by Gasteiger charge is -2.49. The van der Waals surface area contributed by atoms with Crippen LogP contribution in [0.2, 0.25) is 5.02 Å². The Balaban J connectivity index is 1.36. The molecule has 4 aliphatic rings. The number of rotatable bonds is 5. The van der Waals surface area contributed by atoms with E-state index in [2.05, 4.69) is 0 Å². The molecule has 3 aromatic rings. The fourth-order valence-electron chi connectivity index (χ4n) is 8.17. The van der Waals surface area contributed by atoms with Crippen molar-refractivity contribution in [3.63, 3.8) is 0 Å². The summed E-state index contributed by atoms with van der Waals surface area (Å²) in [7, 11) is 1.43. The van der Waals surface area contributed by atoms with E-state index < -0.39 is 52.6 Å². The van der Waals surface area contributed by atoms with Gasteiger partial charge in [0.15, 0.2) is 11.5 Å². The highest BCUT2D eigenvalue weighted by Gasteiger charge is 2.67. The summed E-state index contributed by atoms with van der Waals surface area (Å²) in [5.41, 5.74) is 1.13. The van der Waals surface area contributed by atoms with Crippen LogP contribution in [0.5, 0.6) is 11.5 Å². The first-order chi connectivity index (χ1) is 22.0. The average Bonchev–Trinajstić information content (AvgIpc) is 3.39. The van der Waals surface area contributed by atoms with Crippen LogP contribution in [0.15, 0.2) is 72.3 Å². The van der Waals surface area contributed by atoms with Gasteiger partial charge >= 0.3 is 0 Å². The molecule has 3 fully saturated rings. The zero-order chi connectivity index (χ0) is 32.7. The zero-order valence-electron chi connectivity index (χ0n) is 24.9. The number of anilines is 1. The van der Waals surface area contributed by atoms with Crippen LogP contribution in [0.25, 0.3) is 0 Å². The highest BCUT2D eigenvalue weighted by Crippen LogP contribution is 2.64. The molecule has 4 amide bonds. The monoisotopic (exact) mass is 754 g/mol. The first-order valence-corrected chi connectivity index (χ1v) is 16.4. The molecule has 2 heterocycles. The first-order valence-electron chi connectivity index (χ1n) is 15.0. The molecular formula is C35H29ClFIN2O6. The van der Waals surface area contributed by atoms with E-state index >= 15 is 0 Å². The molecule has 1 saturated carbocycles. The number of ether oxygens (including phenoxy) is 1. The zero-order valence-corrected chi connectivity index (χ0v) is 27.8. The molecule has 0 aromatic heterocycles. The number of hydrogen-bond acceptors (Lipinski definition) is 6. The van der Waals surface area contributed by atoms with Crippen LogP contribution < -0.4 is 9.64 Å². The van der Waals surface area contributed by atoms with Crippen LogP contribution in [0.3, 0.4) is 0 Å². The third-order valence-electron chi connectivity index (χ3n) is 10.3. The van der Waals surface area contributed by atoms with Gasteiger partial charge in [0, 0.05) is 5.92 Å². The van der Waals surface area contributed by atoms with Crippen LogP contribution >= 0.6 is 34.2 Å². The molecule has 0 radical (unpaired) electrons. The summed E-state index contributed by atoms with van der Waals surface area (Å²) in [4.78, 5) is 59.1. The number of benzene rings is 3. The van der Waals surface area contributed by atoms with E-state index in [4.69, 9.17) is 16.3 Å². The molecule has 46 heavy (non-hydrogen) atoms. The molecule has 236 valence electrons. The van der Waals surface area contributed by atoms with Crippen molar-refractivity contribution >= 4 is 63.5 Å². The largest absolute Gasteiger partial charge is 0.504 e. The van der Waals surface area contributed by atoms with E-state index in [0.29, 0.717) is 15.6 Å². The number of phenols is 1. The van der Waals surface area contributed by atoms with Gasteiger partial charge in [0.2, 0.25) is 23.6 Å². The number of carbonyl (C=O) groups is 4. The van der Waals surface area contributed by atoms with Gasteiger partial charge in [0.05, 0.1) is 51.1 Å². The number of fused-ring (bicyclic) bond motifs is 4. The van der Waals surface area contributed by atoms with Gasteiger partial charge in [-0.1, -0.05) is 53.6 Å². The highest BCUT2D eigenvalue weighted by atomic mass is 127. The van der Waals surface area contributed by atoms with Crippen molar-refractivity contribution in [2.45, 2.75) is 32.2 Å². The first kappa shape index (κ1) is 30.9. The maximum atomic E-state index is 14.6. The smallest absolute Gasteiger partial charge is 0.241 e. The minimum Gasteiger partial charge on any atom is -0.504 e. The van der Waals surface area contributed by atoms with Crippen molar-refractivity contribution in [3.8, 4) is 11.5 Å². The molecular weight excluding hydrogens is 726 g/mol. The van der Waals surface area contributed by atoms with Crippen molar-refractivity contribution in [1.82, 2.24) is 4.90 Å². The Morgan fingerprint density at radius 2 is 1.76 bits per heavy atom. The standard InChI is InChI=1S/C35H29ClFIN2O6/c1-35-23(32(43)40(34(35)45)19-8-11-25(37)24(36)14-19)15-22-20(29(35)18-12-26(38)30(41)27(13-18)46-2)9-10-21-28(22)33(44)39(31(21)42)16-17-6-4-3-5-7-17/h3-9,11-14,21-23,28-29,41H,10,15-16H2,1-2H3. The van der Waals surface area contributed by atoms with Gasteiger partial charge in [-0.15, -0.1) is 0 Å². The summed E-state index contributed by atoms with van der Waals surface area (Å²) in [6.45, 7) is 1.91. The minimum absolute atomic E-state index is 0.0527. The lowest BCUT2D eigenvalue weighted by Crippen LogP contribution is -2.48. The van der Waals surface area contributed by atoms with Crippen LogP contribution in [-0.4, -0.2) is 40.7 Å². The Hall–Kier alpha value is -3.77. The maximum Gasteiger partial charge on any atom is 0.241 e. The SMILES string of the molecule is COc1cc(C2C3=CCC4C(=O)N(Cc5ccccc5)C(=O)C4C3CC3C(=O)N(c4ccc(F)c(Cl)c4)C(=O)C32C)cc(I)c1O. The molecule has 8 nitrogen and oxygen atoms in total. The van der Waals surface area contributed by atoms with E-state index in [1.807, 2.05) is 59.0 Å². The molecule has 0 bridgehead atoms. The van der Waals surface area contributed by atoms with E-state index in [1.54, 1.807) is 19.1 Å². The van der Waals surface area contributed by atoms with Crippen molar-refractivity contribution in [1.29, 1.82) is 0 Å². The number of nitrogens with zero attached hydrogens (tertiary/aromatic N) is 2. The Morgan fingerprint density at radius 3 is 2.46 bits per heavy atom. The van der Waals surface area contributed by atoms with Gasteiger partial charge in [-0.2, -0.15) is 0 Å². The summed E-state index contributed by atoms with van der Waals surface area (Å²) in [5, 5.41) is 10.4. The highest BCUT2D eigenvalue weighted by molar-refractivity contribution is 14.1. The Morgan fingerprint density at radius 1 is 1.02 bits per heavy atom. The van der Waals surface area contributed by atoms with Gasteiger partial charge in [0.25, 0.3) is 0 Å². The summed E-state index contributed by atoms with van der Waals surface area (Å²) in [5.74, 6) is -5.32. The number of hydrogen-bond donors (Lipinski definition) is 1. The van der Waals surface area contributed by atoms with E-state index in [9.17, 15) is 28.7 Å². The van der Waals surface area contributed by atoms with Crippen LogP contribution in [-0.2, 0) is 25.7 Å². The second-order valence-corrected chi connectivity index (χ2v) is 14.1. The van der Waals surface area contributed by atoms with E-state index in [0.717, 1.165) is 22.1 Å². The van der Waals surface area contributed by atoms with Gasteiger partial charge in [-0.05, 0) is 89.7 Å². The molecule has 6 unspecified atom stereocenters. The van der Waals surface area contributed by atoms with Gasteiger partial charge in [0.1, 0.15) is 5.82 Å². The van der Waals surface area contributed by atoms with Gasteiger partial charge in [-0.3, -0.25) is 24.1 Å². The molecule has 11 heteroatoms. The number of allylic oxidation sites excluding steroid dienone is 2. The predicted molar refractivity (Wildman–Crippen MR) is 175 cm³/mol. The Labute approximate surface area is 283 Å². The normalized spacial score (nSPS) is 28.6. The quantitative estimate of drug-likeness (QED) is 0.188. The molecule has 0 spiro atoms. The third-order valence-corrected chi connectivity index (χ3v) is 11.4. The van der Waals surface area contributed by atoms with Gasteiger partial charge in [-0.25, -0.2) is 9.29 Å². The van der Waals surface area contributed by atoms with Crippen molar-refractivity contribution in [2.75, 3.05) is 12.0 Å². The molecule has 3 aromatic carbocycles. The maximum absolute atomic E-state index is 14.6. The second kappa shape index (κ2) is 11.2. The lowest BCUT2D eigenvalue weighted by molar-refractivity contribution is -0.141. The number of phenolic OH excluding ortho intramolecular Hbond substituents is 1. The molecule has 7 rings (SSSR count). The topological polar surface area (TPSA) is 104 Å². The molecule has 6 atom stereocenters. The summed E-state index contributed by atoms with van der Waals surface area (Å²) in [6, 6.07) is 16.5. The predicted octanol–water partition coefficient (Wildman–Crippen LogP) is 6.23. The Bertz CT molecular complexity index is 1870. The fourth-order valence-corrected chi connectivity index (χ4v) is 8.97. The van der Waals surface area contributed by atoms with E-state index in [1.165, 1.54) is 24.1 Å². The molecule has 2 saturated heterocycles. The number of aromatic hydroxyl groups is 1. The minimum atomic E-state index is -1.31. The number of carbonyl (C=O) groups excluding carboxylic acids is 4. The molecule has 2 aliphatic carbocycles. The van der Waals surface area contributed by atoms with Crippen molar-refractivity contribution in [3.05, 3.63) is 97.8 Å². The number of methoxy groups -OCH3 is 1. The van der Waals surface area contributed by atoms with Gasteiger partial charge < -0.3 is 9.84 Å². The lowest BCUT2D eigenvalue weighted by atomic mass is 9.51. The number of halogens is 3. The molecule has 2 aliphatic heterocycles. The second-order valence-electron chi connectivity index (χ2n) is 12.6. The average molecular weight is 755 g/mol. The number of imide groups is 2. The number of amides is 4. The Kier molecular flexibility index (Phi) is 7.51. The van der Waals surface area contributed by atoms with Crippen LogP contribution in [0.4, 0.5) is 10.1 Å². The van der Waals surface area contributed by atoms with E-state index in [-0.39, 0.29) is 47.0 Å². The van der Waals surface area contributed by atoms with Crippen LogP contribution in [0.1, 0.15) is 36.8 Å². The summed E-state index contributed by atoms with van der Waals surface area (Å²) in [6.07, 6.45) is 2.46. The van der Waals surface area contributed by atoms with Crippen molar-refractivity contribution < 1.29 is 33.4 Å². The third kappa shape index (κ3) is 4.43. The van der Waals surface area contributed by atoms with Crippen LogP contribution in [0, 0.1) is 38.5 Å². The summed E-state index contributed by atoms with van der Waals surface area (Å²) >= 11 is 8.07. The molecule has 1 N–H and O–H groups in total.